The van der Waals surface area contributed by atoms with Crippen LogP contribution in [0.25, 0.3) is 21.2 Å². The van der Waals surface area contributed by atoms with Crippen LogP contribution in [-0.4, -0.2) is 6.71 Å². The Morgan fingerprint density at radius 1 is 0.373 bits per heavy atom. The standard InChI is InChI=1S/C70H74BN3S/c1-66(2,3)47-21-30-52(31-22-47)72(53-32-23-48(24-33-53)67(4,5)6)56-38-39-58-59(44-56)73(54-34-25-49(26-35-54)68(7,8)9)60-41-46(45-19-17-16-18-20-45)42-61-63(60)71(58)65-64(57-43-51(70(13,14)15)29-40-62(57)75-65)74(61)55-36-27-50(28-37-55)69(10,11)12/h16-44H,1-15H3. The van der Waals surface area contributed by atoms with E-state index in [4.69, 9.17) is 0 Å². The number of fused-ring (bicyclic) bond motifs is 6. The molecule has 0 N–H and O–H groups in total. The van der Waals surface area contributed by atoms with Crippen LogP contribution in [0.4, 0.5) is 51.2 Å². The Balaban J connectivity index is 1.23. The van der Waals surface area contributed by atoms with E-state index in [1.54, 1.807) is 0 Å². The molecular weight excluding hydrogens is 926 g/mol. The monoisotopic (exact) mass is 1000 g/mol. The number of thiophene rings is 1. The van der Waals surface area contributed by atoms with Gasteiger partial charge in [0, 0.05) is 60.4 Å². The molecule has 75 heavy (non-hydrogen) atoms. The third-order valence-corrected chi connectivity index (χ3v) is 17.1. The van der Waals surface area contributed by atoms with E-state index in [0.717, 1.165) is 22.7 Å². The molecule has 5 heteroatoms. The third kappa shape index (κ3) is 9.09. The number of nitrogens with zero attached hydrogens (tertiary/aromatic N) is 3. The molecule has 8 aromatic carbocycles. The van der Waals surface area contributed by atoms with Crippen molar-refractivity contribution in [1.82, 2.24) is 0 Å². The molecule has 11 rings (SSSR count). The van der Waals surface area contributed by atoms with Crippen molar-refractivity contribution in [3.63, 3.8) is 0 Å². The second-order valence-electron chi connectivity index (χ2n) is 26.4. The lowest BCUT2D eigenvalue weighted by Crippen LogP contribution is -2.60. The molecule has 0 amide bonds. The van der Waals surface area contributed by atoms with Gasteiger partial charge < -0.3 is 14.7 Å². The van der Waals surface area contributed by atoms with Crippen LogP contribution in [0.15, 0.2) is 176 Å². The minimum atomic E-state index is -0.0323. The van der Waals surface area contributed by atoms with Crippen LogP contribution in [0, 0.1) is 0 Å². The van der Waals surface area contributed by atoms with Crippen LogP contribution >= 0.6 is 11.3 Å². The Morgan fingerprint density at radius 2 is 0.800 bits per heavy atom. The van der Waals surface area contributed by atoms with Crippen LogP contribution in [-0.2, 0) is 27.1 Å². The quantitative estimate of drug-likeness (QED) is 0.154. The molecule has 2 aliphatic heterocycles. The van der Waals surface area contributed by atoms with Gasteiger partial charge >= 0.3 is 0 Å². The van der Waals surface area contributed by atoms with E-state index in [2.05, 4.69) is 294 Å². The fourth-order valence-electron chi connectivity index (χ4n) is 11.3. The maximum absolute atomic E-state index is 2.62. The van der Waals surface area contributed by atoms with Crippen molar-refractivity contribution < 1.29 is 0 Å². The van der Waals surface area contributed by atoms with Crippen molar-refractivity contribution in [2.24, 2.45) is 0 Å². The van der Waals surface area contributed by atoms with Gasteiger partial charge in [-0.2, -0.15) is 0 Å². The van der Waals surface area contributed by atoms with Gasteiger partial charge in [-0.3, -0.25) is 0 Å². The first-order valence-electron chi connectivity index (χ1n) is 27.1. The van der Waals surface area contributed by atoms with Gasteiger partial charge in [0.25, 0.3) is 6.71 Å². The smallest absolute Gasteiger partial charge is 0.264 e. The number of benzene rings is 8. The van der Waals surface area contributed by atoms with Crippen LogP contribution in [0.2, 0.25) is 0 Å². The molecule has 0 aliphatic carbocycles. The van der Waals surface area contributed by atoms with E-state index >= 15 is 0 Å². The first-order valence-corrected chi connectivity index (χ1v) is 27.9. The summed E-state index contributed by atoms with van der Waals surface area (Å²) in [6.07, 6.45) is 0. The maximum atomic E-state index is 2.62. The normalized spacial score (nSPS) is 13.7. The summed E-state index contributed by atoms with van der Waals surface area (Å²) < 4.78 is 2.69. The number of hydrogen-bond acceptors (Lipinski definition) is 4. The predicted molar refractivity (Wildman–Crippen MR) is 329 cm³/mol. The molecule has 1 aromatic heterocycles. The summed E-state index contributed by atoms with van der Waals surface area (Å²) in [5, 5.41) is 1.31. The summed E-state index contributed by atoms with van der Waals surface area (Å²) in [5.41, 5.74) is 22.3. The summed E-state index contributed by atoms with van der Waals surface area (Å²) in [6, 6.07) is 67.9. The summed E-state index contributed by atoms with van der Waals surface area (Å²) in [6.45, 7) is 34.6. The third-order valence-electron chi connectivity index (χ3n) is 15.8. The molecule has 0 saturated heterocycles. The Bertz CT molecular complexity index is 3530. The minimum absolute atomic E-state index is 0.00203. The summed E-state index contributed by atoms with van der Waals surface area (Å²) in [7, 11) is 0. The van der Waals surface area contributed by atoms with Crippen molar-refractivity contribution in [2.75, 3.05) is 14.7 Å². The molecule has 0 unspecified atom stereocenters. The summed E-state index contributed by atoms with van der Waals surface area (Å²) in [5.74, 6) is 0. The maximum Gasteiger partial charge on any atom is 0.264 e. The summed E-state index contributed by atoms with van der Waals surface area (Å²) >= 11 is 1.97. The van der Waals surface area contributed by atoms with Crippen LogP contribution in [0.5, 0.6) is 0 Å². The Labute approximate surface area is 453 Å². The highest BCUT2D eigenvalue weighted by Crippen LogP contribution is 2.51. The van der Waals surface area contributed by atoms with Gasteiger partial charge in [0.1, 0.15) is 0 Å². The Kier molecular flexibility index (Phi) is 12.0. The first kappa shape index (κ1) is 50.3. The zero-order valence-electron chi connectivity index (χ0n) is 47.1. The molecule has 0 fully saturated rings. The molecular formula is C70H74BN3S. The molecule has 3 nitrogen and oxygen atoms in total. The van der Waals surface area contributed by atoms with E-state index in [1.807, 2.05) is 11.3 Å². The van der Waals surface area contributed by atoms with E-state index in [0.29, 0.717) is 0 Å². The van der Waals surface area contributed by atoms with Crippen molar-refractivity contribution in [1.29, 1.82) is 0 Å². The first-order chi connectivity index (χ1) is 35.3. The van der Waals surface area contributed by atoms with E-state index in [-0.39, 0.29) is 33.8 Å². The molecule has 378 valence electrons. The second kappa shape index (κ2) is 17.9. The lowest BCUT2D eigenvalue weighted by Gasteiger charge is -2.44. The van der Waals surface area contributed by atoms with Gasteiger partial charge in [-0.15, -0.1) is 11.3 Å². The molecule has 3 heterocycles. The van der Waals surface area contributed by atoms with Gasteiger partial charge in [-0.05, 0) is 162 Å². The highest BCUT2D eigenvalue weighted by atomic mass is 32.1. The SMILES string of the molecule is CC(C)(C)c1ccc(N(c2ccc(C(C)(C)C)cc2)c2ccc3c(c2)N(c2ccc(C(C)(C)C)cc2)c2cc(-c4ccccc4)cc4c2B3c2sc3ccc(C(C)(C)C)cc3c2N4c2ccc(C(C)(C)C)cc2)cc1. The van der Waals surface area contributed by atoms with E-state index in [9.17, 15) is 0 Å². The molecule has 0 radical (unpaired) electrons. The summed E-state index contributed by atoms with van der Waals surface area (Å²) in [4.78, 5) is 7.68. The number of hydrogen-bond donors (Lipinski definition) is 0. The second-order valence-corrected chi connectivity index (χ2v) is 27.5. The van der Waals surface area contributed by atoms with Gasteiger partial charge in [0.05, 0.1) is 5.69 Å². The van der Waals surface area contributed by atoms with Gasteiger partial charge in [-0.25, -0.2) is 0 Å². The van der Waals surface area contributed by atoms with Crippen molar-refractivity contribution in [3.05, 3.63) is 204 Å². The molecule has 2 aliphatic rings. The Hall–Kier alpha value is -6.82. The molecule has 9 aromatic rings. The molecule has 0 saturated carbocycles. The van der Waals surface area contributed by atoms with Crippen LogP contribution < -0.4 is 30.4 Å². The Morgan fingerprint density at radius 3 is 1.28 bits per heavy atom. The van der Waals surface area contributed by atoms with E-state index < -0.39 is 0 Å². The average molecular weight is 1000 g/mol. The van der Waals surface area contributed by atoms with E-state index in [1.165, 1.54) is 93.2 Å². The zero-order valence-corrected chi connectivity index (χ0v) is 47.9. The lowest BCUT2D eigenvalue weighted by molar-refractivity contribution is 0.590. The van der Waals surface area contributed by atoms with Crippen LogP contribution in [0.3, 0.4) is 0 Å². The predicted octanol–water partition coefficient (Wildman–Crippen LogP) is 18.6. The van der Waals surface area contributed by atoms with Gasteiger partial charge in [0.15, 0.2) is 0 Å². The topological polar surface area (TPSA) is 9.72 Å². The van der Waals surface area contributed by atoms with Crippen molar-refractivity contribution >= 4 is 95.0 Å². The molecule has 0 bridgehead atoms. The average Bonchev–Trinajstić information content (AvgIpc) is 3.74. The van der Waals surface area contributed by atoms with Crippen molar-refractivity contribution in [2.45, 2.75) is 131 Å². The number of anilines is 9. The lowest BCUT2D eigenvalue weighted by atomic mass is 9.36. The van der Waals surface area contributed by atoms with Gasteiger partial charge in [0.2, 0.25) is 0 Å². The highest BCUT2D eigenvalue weighted by Gasteiger charge is 2.46. The fraction of sp³-hybridized carbons (Fsp3) is 0.286. The molecule has 0 atom stereocenters. The zero-order chi connectivity index (χ0) is 53.1. The fourth-order valence-corrected chi connectivity index (χ4v) is 12.6. The van der Waals surface area contributed by atoms with Crippen LogP contribution in [0.1, 0.15) is 132 Å². The number of rotatable bonds is 6. The van der Waals surface area contributed by atoms with Crippen molar-refractivity contribution in [3.8, 4) is 11.1 Å². The largest absolute Gasteiger partial charge is 0.311 e. The highest BCUT2D eigenvalue weighted by molar-refractivity contribution is 7.33. The molecule has 0 spiro atoms. The minimum Gasteiger partial charge on any atom is -0.311 e. The van der Waals surface area contributed by atoms with Gasteiger partial charge in [-0.1, -0.05) is 195 Å².